The van der Waals surface area contributed by atoms with Gasteiger partial charge in [0.05, 0.1) is 16.9 Å². The molecule has 124 valence electrons. The van der Waals surface area contributed by atoms with Crippen LogP contribution in [0.5, 0.6) is 0 Å². The monoisotopic (exact) mass is 364 g/mol. The van der Waals surface area contributed by atoms with Crippen molar-refractivity contribution in [3.63, 3.8) is 0 Å². The Labute approximate surface area is 138 Å². The molecule has 0 aliphatic rings. The van der Waals surface area contributed by atoms with E-state index in [1.807, 2.05) is 6.92 Å². The van der Waals surface area contributed by atoms with Gasteiger partial charge in [-0.15, -0.1) is 0 Å². The minimum atomic E-state index is -4.59. The van der Waals surface area contributed by atoms with Gasteiger partial charge in [-0.3, -0.25) is 0 Å². The van der Waals surface area contributed by atoms with Crippen molar-refractivity contribution in [2.45, 2.75) is 25.9 Å². The van der Waals surface area contributed by atoms with Crippen LogP contribution in [0.3, 0.4) is 0 Å². The Morgan fingerprint density at radius 2 is 2.13 bits per heavy atom. The Morgan fingerprint density at radius 1 is 1.43 bits per heavy atom. The zero-order valence-corrected chi connectivity index (χ0v) is 13.4. The SMILES string of the molecule is CCCc1nc(Nc2ccc(Cl)cc2C(F)(F)F)sc1C(=O)O. The molecular formula is C14H12ClF3N2O2S. The number of alkyl halides is 3. The summed E-state index contributed by atoms with van der Waals surface area (Å²) in [4.78, 5) is 15.3. The number of rotatable bonds is 5. The lowest BCUT2D eigenvalue weighted by Gasteiger charge is -2.13. The maximum Gasteiger partial charge on any atom is 0.418 e. The first-order valence-corrected chi connectivity index (χ1v) is 7.78. The lowest BCUT2D eigenvalue weighted by molar-refractivity contribution is -0.136. The number of nitrogens with zero attached hydrogens (tertiary/aromatic N) is 1. The molecule has 2 N–H and O–H groups in total. The van der Waals surface area contributed by atoms with Gasteiger partial charge >= 0.3 is 12.1 Å². The molecule has 2 rings (SSSR count). The average Bonchev–Trinajstić information content (AvgIpc) is 2.83. The van der Waals surface area contributed by atoms with E-state index in [1.165, 1.54) is 12.1 Å². The second kappa shape index (κ2) is 6.76. The quantitative estimate of drug-likeness (QED) is 0.764. The van der Waals surface area contributed by atoms with Gasteiger partial charge in [0.2, 0.25) is 0 Å². The minimum absolute atomic E-state index is 0.0249. The Balaban J connectivity index is 2.40. The molecule has 0 amide bonds. The highest BCUT2D eigenvalue weighted by molar-refractivity contribution is 7.17. The maximum absolute atomic E-state index is 13.1. The first kappa shape index (κ1) is 17.6. The van der Waals surface area contributed by atoms with E-state index in [2.05, 4.69) is 10.3 Å². The van der Waals surface area contributed by atoms with Crippen molar-refractivity contribution < 1.29 is 23.1 Å². The number of aromatic carboxylic acids is 1. The van der Waals surface area contributed by atoms with Gasteiger partial charge in [0.1, 0.15) is 4.88 Å². The lowest BCUT2D eigenvalue weighted by atomic mass is 10.1. The van der Waals surface area contributed by atoms with Gasteiger partial charge in [-0.05, 0) is 24.6 Å². The number of aryl methyl sites for hydroxylation is 1. The van der Waals surface area contributed by atoms with Gasteiger partial charge in [-0.25, -0.2) is 9.78 Å². The Morgan fingerprint density at radius 3 is 2.70 bits per heavy atom. The predicted octanol–water partition coefficient (Wildman–Crippen LogP) is 5.21. The fraction of sp³-hybridized carbons (Fsp3) is 0.286. The number of carboxylic acid groups (broad SMARTS) is 1. The molecule has 0 saturated heterocycles. The molecule has 1 aromatic carbocycles. The molecule has 0 atom stereocenters. The number of carbonyl (C=O) groups is 1. The number of benzene rings is 1. The highest BCUT2D eigenvalue weighted by Crippen LogP contribution is 2.38. The predicted molar refractivity (Wildman–Crippen MR) is 82.8 cm³/mol. The summed E-state index contributed by atoms with van der Waals surface area (Å²) in [5.41, 5.74) is -0.806. The van der Waals surface area contributed by atoms with Gasteiger partial charge in [0, 0.05) is 5.02 Å². The van der Waals surface area contributed by atoms with Gasteiger partial charge in [0.15, 0.2) is 5.13 Å². The number of hydrogen-bond donors (Lipinski definition) is 2. The van der Waals surface area contributed by atoms with Gasteiger partial charge in [-0.2, -0.15) is 13.2 Å². The molecule has 0 spiro atoms. The van der Waals surface area contributed by atoms with Crippen molar-refractivity contribution in [3.05, 3.63) is 39.4 Å². The maximum atomic E-state index is 13.1. The molecule has 4 nitrogen and oxygen atoms in total. The summed E-state index contributed by atoms with van der Waals surface area (Å²) in [5.74, 6) is -1.15. The fourth-order valence-corrected chi connectivity index (χ4v) is 2.99. The van der Waals surface area contributed by atoms with Crippen molar-refractivity contribution in [2.24, 2.45) is 0 Å². The molecule has 1 heterocycles. The zero-order valence-electron chi connectivity index (χ0n) is 11.9. The van der Waals surface area contributed by atoms with Crippen molar-refractivity contribution in [3.8, 4) is 0 Å². The molecule has 0 fully saturated rings. The third kappa shape index (κ3) is 4.14. The second-order valence-corrected chi connectivity index (χ2v) is 6.10. The van der Waals surface area contributed by atoms with Crippen LogP contribution < -0.4 is 5.32 Å². The number of carboxylic acids is 1. The number of aromatic nitrogens is 1. The smallest absolute Gasteiger partial charge is 0.418 e. The third-order valence-corrected chi connectivity index (χ3v) is 4.14. The van der Waals surface area contributed by atoms with E-state index in [-0.39, 0.29) is 20.7 Å². The van der Waals surface area contributed by atoms with Crippen LogP contribution in [-0.4, -0.2) is 16.1 Å². The standard InChI is InChI=1S/C14H12ClF3N2O2S/c1-2-3-10-11(12(21)22)23-13(20-10)19-9-5-4-7(15)6-8(9)14(16,17)18/h4-6H,2-3H2,1H3,(H,19,20)(H,21,22). The number of halogens is 4. The summed E-state index contributed by atoms with van der Waals surface area (Å²) in [6, 6.07) is 3.31. The van der Waals surface area contributed by atoms with E-state index >= 15 is 0 Å². The molecule has 0 aliphatic carbocycles. The molecule has 2 aromatic rings. The van der Waals surface area contributed by atoms with E-state index < -0.39 is 17.7 Å². The molecule has 0 radical (unpaired) electrons. The van der Waals surface area contributed by atoms with Crippen LogP contribution in [0.25, 0.3) is 0 Å². The first-order valence-electron chi connectivity index (χ1n) is 6.59. The fourth-order valence-electron chi connectivity index (χ4n) is 1.95. The molecule has 0 bridgehead atoms. The summed E-state index contributed by atoms with van der Waals surface area (Å²) in [6.45, 7) is 1.86. The van der Waals surface area contributed by atoms with E-state index in [0.717, 1.165) is 17.4 Å². The summed E-state index contributed by atoms with van der Waals surface area (Å²) in [7, 11) is 0. The molecule has 0 unspecified atom stereocenters. The molecular weight excluding hydrogens is 353 g/mol. The highest BCUT2D eigenvalue weighted by atomic mass is 35.5. The number of nitrogens with one attached hydrogen (secondary N) is 1. The average molecular weight is 365 g/mol. The van der Waals surface area contributed by atoms with Crippen LogP contribution in [0.2, 0.25) is 5.02 Å². The van der Waals surface area contributed by atoms with Gasteiger partial charge < -0.3 is 10.4 Å². The largest absolute Gasteiger partial charge is 0.477 e. The van der Waals surface area contributed by atoms with Crippen LogP contribution in [0.15, 0.2) is 18.2 Å². The normalized spacial score (nSPS) is 11.5. The van der Waals surface area contributed by atoms with Crippen LogP contribution >= 0.6 is 22.9 Å². The van der Waals surface area contributed by atoms with Crippen molar-refractivity contribution in [1.82, 2.24) is 4.98 Å². The van der Waals surface area contributed by atoms with E-state index in [1.54, 1.807) is 0 Å². The van der Waals surface area contributed by atoms with Crippen molar-refractivity contribution >= 4 is 39.7 Å². The summed E-state index contributed by atoms with van der Waals surface area (Å²) in [6.07, 6.45) is -3.48. The van der Waals surface area contributed by atoms with Crippen LogP contribution in [0.4, 0.5) is 24.0 Å². The van der Waals surface area contributed by atoms with Crippen molar-refractivity contribution in [2.75, 3.05) is 5.32 Å². The molecule has 1 aromatic heterocycles. The van der Waals surface area contributed by atoms with E-state index in [0.29, 0.717) is 18.5 Å². The highest BCUT2D eigenvalue weighted by Gasteiger charge is 2.34. The van der Waals surface area contributed by atoms with Gasteiger partial charge in [-0.1, -0.05) is 36.3 Å². The first-order chi connectivity index (χ1) is 10.7. The number of hydrogen-bond acceptors (Lipinski definition) is 4. The van der Waals surface area contributed by atoms with Crippen LogP contribution in [0, 0.1) is 0 Å². The Kier molecular flexibility index (Phi) is 5.16. The van der Waals surface area contributed by atoms with Crippen LogP contribution in [-0.2, 0) is 12.6 Å². The molecule has 0 saturated carbocycles. The summed E-state index contributed by atoms with van der Waals surface area (Å²) in [5, 5.41) is 11.7. The number of anilines is 2. The second-order valence-electron chi connectivity index (χ2n) is 4.66. The molecule has 0 aliphatic heterocycles. The Bertz CT molecular complexity index is 731. The topological polar surface area (TPSA) is 62.2 Å². The third-order valence-electron chi connectivity index (χ3n) is 2.91. The molecule has 23 heavy (non-hydrogen) atoms. The molecule has 9 heteroatoms. The van der Waals surface area contributed by atoms with Crippen LogP contribution in [0.1, 0.15) is 34.3 Å². The zero-order chi connectivity index (χ0) is 17.2. The summed E-state index contributed by atoms with van der Waals surface area (Å²) < 4.78 is 39.2. The van der Waals surface area contributed by atoms with E-state index in [9.17, 15) is 18.0 Å². The van der Waals surface area contributed by atoms with Gasteiger partial charge in [0.25, 0.3) is 0 Å². The minimum Gasteiger partial charge on any atom is -0.477 e. The Hall–Kier alpha value is -1.80. The lowest BCUT2D eigenvalue weighted by Crippen LogP contribution is -2.08. The van der Waals surface area contributed by atoms with Crippen molar-refractivity contribution in [1.29, 1.82) is 0 Å². The van der Waals surface area contributed by atoms with E-state index in [4.69, 9.17) is 16.7 Å². The number of thiazole rings is 1. The summed E-state index contributed by atoms with van der Waals surface area (Å²) >= 11 is 6.42.